The van der Waals surface area contributed by atoms with Crippen molar-refractivity contribution in [1.29, 1.82) is 0 Å². The van der Waals surface area contributed by atoms with Gasteiger partial charge in [0.05, 0.1) is 0 Å². The van der Waals surface area contributed by atoms with Crippen molar-refractivity contribution in [2.24, 2.45) is 0 Å². The van der Waals surface area contributed by atoms with Gasteiger partial charge in [0.15, 0.2) is 0 Å². The third-order valence-corrected chi connectivity index (χ3v) is 3.63. The molecule has 0 aliphatic rings. The van der Waals surface area contributed by atoms with Gasteiger partial charge in [0.2, 0.25) is 0 Å². The minimum absolute atomic E-state index is 0. The molecule has 23 heavy (non-hydrogen) atoms. The minimum atomic E-state index is -0.943. The van der Waals surface area contributed by atoms with E-state index in [0.29, 0.717) is 6.54 Å². The fraction of sp³-hybridized carbons (Fsp3) is 0.737. The van der Waals surface area contributed by atoms with Gasteiger partial charge in [-0.3, -0.25) is 0 Å². The number of unbranched alkanes of at least 4 members (excludes halogenated alkanes) is 4. The van der Waals surface area contributed by atoms with Crippen LogP contribution >= 0.6 is 0 Å². The molecule has 0 atom stereocenters. The van der Waals surface area contributed by atoms with Crippen LogP contribution in [0.1, 0.15) is 71.6 Å². The number of aliphatic carboxylic acids is 1. The molecular weight excluding hydrogens is 313 g/mol. The molecule has 0 radical (unpaired) electrons. The monoisotopic (exact) mass is 347 g/mol. The fourth-order valence-corrected chi connectivity index (χ4v) is 2.35. The van der Waals surface area contributed by atoms with E-state index in [-0.39, 0.29) is 57.8 Å². The Kier molecular flexibility index (Phi) is 23.1. The van der Waals surface area contributed by atoms with Crippen LogP contribution in [0.2, 0.25) is 0 Å². The average Bonchev–Trinajstić information content (AvgIpc) is 2.50. The van der Waals surface area contributed by atoms with Crippen LogP contribution in [0.15, 0.2) is 24.3 Å². The number of carboxylic acids is 1. The quantitative estimate of drug-likeness (QED) is 0.249. The van der Waals surface area contributed by atoms with Crippen molar-refractivity contribution in [3.8, 4) is 0 Å². The van der Waals surface area contributed by atoms with Crippen molar-refractivity contribution in [1.82, 2.24) is 4.90 Å². The molecule has 128 valence electrons. The van der Waals surface area contributed by atoms with E-state index in [1.807, 2.05) is 0 Å². The van der Waals surface area contributed by atoms with Crippen molar-refractivity contribution >= 4 is 5.97 Å². The summed E-state index contributed by atoms with van der Waals surface area (Å²) in [5, 5.41) is 10.6. The molecule has 4 heteroatoms. The Hall–Kier alpha value is 0.546. The molecule has 0 heterocycles. The zero-order valence-corrected chi connectivity index (χ0v) is 18.7. The molecule has 0 aliphatic heterocycles. The number of rotatable bonds is 15. The minimum Gasteiger partial charge on any atom is -0.550 e. The third kappa shape index (κ3) is 20.5. The summed E-state index contributed by atoms with van der Waals surface area (Å²) in [4.78, 5) is 12.9. The van der Waals surface area contributed by atoms with E-state index in [1.165, 1.54) is 12.8 Å². The summed E-state index contributed by atoms with van der Waals surface area (Å²) in [5.74, 6) is -0.943. The maximum Gasteiger partial charge on any atom is 1.00 e. The molecule has 0 rings (SSSR count). The number of carbonyl (C=O) groups excluding carboxylic acids is 1. The van der Waals surface area contributed by atoms with Gasteiger partial charge in [-0.2, -0.15) is 0 Å². The predicted octanol–water partition coefficient (Wildman–Crippen LogP) is 0.705. The van der Waals surface area contributed by atoms with Gasteiger partial charge in [-0.1, -0.05) is 38.2 Å². The maximum absolute atomic E-state index is 10.6. The fourth-order valence-electron chi connectivity index (χ4n) is 2.35. The molecule has 0 bridgehead atoms. The molecule has 0 unspecified atom stereocenters. The summed E-state index contributed by atoms with van der Waals surface area (Å²) < 4.78 is 0. The second-order valence-electron chi connectivity index (χ2n) is 5.71. The molecule has 0 N–H and O–H groups in total. The Morgan fingerprint density at radius 1 is 0.826 bits per heavy atom. The maximum atomic E-state index is 10.6. The molecule has 0 saturated carbocycles. The number of carboxylic acid groups (broad SMARTS) is 1. The molecule has 0 aromatic heterocycles. The Balaban J connectivity index is 0. The molecule has 0 spiro atoms. The molecule has 0 saturated heterocycles. The van der Waals surface area contributed by atoms with Crippen molar-refractivity contribution in [3.05, 3.63) is 24.3 Å². The van der Waals surface area contributed by atoms with Crippen molar-refractivity contribution in [2.45, 2.75) is 71.6 Å². The van der Waals surface area contributed by atoms with E-state index in [9.17, 15) is 9.90 Å². The van der Waals surface area contributed by atoms with Crippen LogP contribution in [0.3, 0.4) is 0 Å². The summed E-state index contributed by atoms with van der Waals surface area (Å²) in [6.07, 6.45) is 18.1. The summed E-state index contributed by atoms with van der Waals surface area (Å²) in [6.45, 7) is 6.91. The number of hydrogen-bond acceptors (Lipinski definition) is 3. The van der Waals surface area contributed by atoms with Gasteiger partial charge in [-0.25, -0.2) is 0 Å². The standard InChI is InChI=1S/C19H35NO2.K/c1-3-5-7-9-11-13-16-20(18-15-19(21)22)17-14-12-10-8-6-4-2;/h5-8H,3-4,9-18H2,1-2H3,(H,21,22);/q;+1/p-1/b7-5+,8-6+;. The van der Waals surface area contributed by atoms with Crippen LogP contribution in [0, 0.1) is 0 Å². The summed E-state index contributed by atoms with van der Waals surface area (Å²) in [7, 11) is 0. The molecule has 0 aliphatic carbocycles. The van der Waals surface area contributed by atoms with Gasteiger partial charge in [-0.05, 0) is 70.9 Å². The SMILES string of the molecule is CC/C=C/CCCCN(CCCC/C=C/CC)CCC(=O)[O-].[K+]. The van der Waals surface area contributed by atoms with Gasteiger partial charge in [0.25, 0.3) is 0 Å². The second-order valence-corrected chi connectivity index (χ2v) is 5.71. The smallest absolute Gasteiger partial charge is 0.550 e. The van der Waals surface area contributed by atoms with E-state index in [1.54, 1.807) is 0 Å². The number of hydrogen-bond donors (Lipinski definition) is 0. The van der Waals surface area contributed by atoms with Crippen molar-refractivity contribution in [2.75, 3.05) is 19.6 Å². The van der Waals surface area contributed by atoms with Gasteiger partial charge < -0.3 is 14.8 Å². The zero-order chi connectivity index (χ0) is 16.5. The van der Waals surface area contributed by atoms with Crippen LogP contribution < -0.4 is 56.5 Å². The van der Waals surface area contributed by atoms with Crippen molar-refractivity contribution in [3.63, 3.8) is 0 Å². The van der Waals surface area contributed by atoms with E-state index in [0.717, 1.165) is 51.6 Å². The van der Waals surface area contributed by atoms with Crippen LogP contribution in [0.4, 0.5) is 0 Å². The van der Waals surface area contributed by atoms with Gasteiger partial charge in [0.1, 0.15) is 0 Å². The third-order valence-electron chi connectivity index (χ3n) is 3.63. The molecule has 0 aromatic rings. The molecule has 0 amide bonds. The summed E-state index contributed by atoms with van der Waals surface area (Å²) in [5.41, 5.74) is 0. The largest absolute Gasteiger partial charge is 1.00 e. The van der Waals surface area contributed by atoms with Crippen molar-refractivity contribution < 1.29 is 61.3 Å². The molecule has 0 aromatic carbocycles. The molecule has 3 nitrogen and oxygen atoms in total. The first-order chi connectivity index (χ1) is 10.7. The average molecular weight is 348 g/mol. The first kappa shape index (κ1) is 25.8. The van der Waals surface area contributed by atoms with Gasteiger partial charge in [0, 0.05) is 12.5 Å². The first-order valence-electron chi connectivity index (χ1n) is 8.92. The number of allylic oxidation sites excluding steroid dienone is 4. The predicted molar refractivity (Wildman–Crippen MR) is 92.6 cm³/mol. The van der Waals surface area contributed by atoms with E-state index in [4.69, 9.17) is 0 Å². The Morgan fingerprint density at radius 3 is 1.70 bits per heavy atom. The van der Waals surface area contributed by atoms with E-state index < -0.39 is 5.97 Å². The molecular formula is C19H34KNO2. The van der Waals surface area contributed by atoms with Crippen LogP contribution in [-0.4, -0.2) is 30.5 Å². The summed E-state index contributed by atoms with van der Waals surface area (Å²) in [6, 6.07) is 0. The number of carbonyl (C=O) groups is 1. The Morgan fingerprint density at radius 2 is 1.30 bits per heavy atom. The normalized spacial score (nSPS) is 11.4. The number of nitrogens with zero attached hydrogens (tertiary/aromatic N) is 1. The van der Waals surface area contributed by atoms with Crippen LogP contribution in [0.25, 0.3) is 0 Å². The van der Waals surface area contributed by atoms with Gasteiger partial charge in [-0.15, -0.1) is 0 Å². The van der Waals surface area contributed by atoms with E-state index in [2.05, 4.69) is 43.1 Å². The van der Waals surface area contributed by atoms with Gasteiger partial charge >= 0.3 is 51.4 Å². The first-order valence-corrected chi connectivity index (χ1v) is 8.92. The van der Waals surface area contributed by atoms with E-state index >= 15 is 0 Å². The Bertz CT molecular complexity index is 294. The summed E-state index contributed by atoms with van der Waals surface area (Å²) >= 11 is 0. The Labute approximate surface area is 186 Å². The second kappa shape index (κ2) is 20.6. The van der Waals surface area contributed by atoms with Crippen LogP contribution in [-0.2, 0) is 4.79 Å². The van der Waals surface area contributed by atoms with Crippen LogP contribution in [0.5, 0.6) is 0 Å². The topological polar surface area (TPSA) is 43.4 Å². The molecule has 0 fully saturated rings. The zero-order valence-electron chi connectivity index (χ0n) is 15.6.